The minimum Gasteiger partial charge on any atom is -0.495 e. The van der Waals surface area contributed by atoms with Crippen LogP contribution in [0.1, 0.15) is 35.7 Å². The summed E-state index contributed by atoms with van der Waals surface area (Å²) in [5.41, 5.74) is 0.467. The summed E-state index contributed by atoms with van der Waals surface area (Å²) in [6.45, 7) is 5.76. The van der Waals surface area contributed by atoms with Crippen molar-refractivity contribution < 1.29 is 31.9 Å². The Morgan fingerprint density at radius 3 is 2.42 bits per heavy atom. The Morgan fingerprint density at radius 2 is 1.84 bits per heavy atom. The lowest BCUT2D eigenvalue weighted by Gasteiger charge is -2.19. The summed E-state index contributed by atoms with van der Waals surface area (Å²) in [4.78, 5) is 24.1. The van der Waals surface area contributed by atoms with Crippen molar-refractivity contribution in [1.82, 2.24) is 4.31 Å². The van der Waals surface area contributed by atoms with Crippen molar-refractivity contribution in [1.29, 1.82) is 0 Å². The quantitative estimate of drug-likeness (QED) is 0.461. The molecule has 1 N–H and O–H groups in total. The van der Waals surface area contributed by atoms with Gasteiger partial charge in [0.15, 0.2) is 0 Å². The number of anilines is 1. The molecule has 0 saturated carbocycles. The number of benzene rings is 1. The number of furan rings is 1. The van der Waals surface area contributed by atoms with E-state index in [1.54, 1.807) is 20.8 Å². The summed E-state index contributed by atoms with van der Waals surface area (Å²) in [6.07, 6.45) is 2.59. The minimum atomic E-state index is -3.70. The fourth-order valence-electron chi connectivity index (χ4n) is 2.89. The van der Waals surface area contributed by atoms with E-state index in [9.17, 15) is 18.0 Å². The fraction of sp³-hybridized carbons (Fsp3) is 0.333. The molecule has 0 aliphatic rings. The zero-order valence-corrected chi connectivity index (χ0v) is 18.9. The highest BCUT2D eigenvalue weighted by Gasteiger charge is 2.23. The first-order valence-corrected chi connectivity index (χ1v) is 11.0. The normalized spacial score (nSPS) is 11.7. The molecule has 31 heavy (non-hydrogen) atoms. The summed E-state index contributed by atoms with van der Waals surface area (Å²) in [7, 11) is -1.02. The number of carbonyl (C=O) groups excluding carboxylic acids is 2. The Hall–Kier alpha value is -3.11. The van der Waals surface area contributed by atoms with Crippen LogP contribution in [0.3, 0.4) is 0 Å². The molecule has 0 unspecified atom stereocenters. The van der Waals surface area contributed by atoms with E-state index in [1.807, 2.05) is 0 Å². The molecule has 0 fully saturated rings. The number of hydrogen-bond acceptors (Lipinski definition) is 7. The van der Waals surface area contributed by atoms with Crippen molar-refractivity contribution in [3.8, 4) is 5.75 Å². The predicted octanol–water partition coefficient (Wildman–Crippen LogP) is 3.07. The van der Waals surface area contributed by atoms with Crippen molar-refractivity contribution >= 4 is 33.7 Å². The van der Waals surface area contributed by atoms with Gasteiger partial charge in [0.05, 0.1) is 24.8 Å². The van der Waals surface area contributed by atoms with Gasteiger partial charge in [0.2, 0.25) is 15.9 Å². The number of hydrogen-bond donors (Lipinski definition) is 1. The largest absolute Gasteiger partial charge is 0.495 e. The maximum atomic E-state index is 12.8. The molecule has 10 heteroatoms. The first kappa shape index (κ1) is 24.2. The standard InChI is InChI=1S/C21H26N2O7S/c1-6-23(7-2)31(26,27)16-9-10-19(28-4)18(13-16)22-20(24)11-8-15-12-17(14(3)30-15)21(25)29-5/h8-13H,6-7H2,1-5H3,(H,22,24)/b11-8+. The number of rotatable bonds is 9. The molecule has 1 aromatic carbocycles. The van der Waals surface area contributed by atoms with E-state index in [4.69, 9.17) is 9.15 Å². The van der Waals surface area contributed by atoms with Crippen LogP contribution in [-0.2, 0) is 19.6 Å². The van der Waals surface area contributed by atoms with Gasteiger partial charge in [-0.1, -0.05) is 13.8 Å². The van der Waals surface area contributed by atoms with E-state index < -0.39 is 21.9 Å². The Bertz CT molecular complexity index is 1080. The highest BCUT2D eigenvalue weighted by molar-refractivity contribution is 7.89. The monoisotopic (exact) mass is 450 g/mol. The Balaban J connectivity index is 2.26. The van der Waals surface area contributed by atoms with E-state index in [-0.39, 0.29) is 21.9 Å². The van der Waals surface area contributed by atoms with Gasteiger partial charge >= 0.3 is 5.97 Å². The molecule has 1 amide bonds. The average molecular weight is 451 g/mol. The van der Waals surface area contributed by atoms with E-state index in [0.717, 1.165) is 0 Å². The van der Waals surface area contributed by atoms with Gasteiger partial charge in [-0.3, -0.25) is 4.79 Å². The third-order valence-electron chi connectivity index (χ3n) is 4.51. The Morgan fingerprint density at radius 1 is 1.16 bits per heavy atom. The number of methoxy groups -OCH3 is 2. The van der Waals surface area contributed by atoms with Gasteiger partial charge in [-0.15, -0.1) is 0 Å². The van der Waals surface area contributed by atoms with Crippen LogP contribution in [0.2, 0.25) is 0 Å². The number of sulfonamides is 1. The second-order valence-electron chi connectivity index (χ2n) is 6.38. The summed E-state index contributed by atoms with van der Waals surface area (Å²) < 4.78 is 42.2. The summed E-state index contributed by atoms with van der Waals surface area (Å²) in [5, 5.41) is 2.61. The molecular formula is C21H26N2O7S. The van der Waals surface area contributed by atoms with Crippen molar-refractivity contribution in [2.45, 2.75) is 25.7 Å². The second kappa shape index (κ2) is 10.3. The molecule has 0 radical (unpaired) electrons. The van der Waals surface area contributed by atoms with Gasteiger partial charge in [-0.2, -0.15) is 4.31 Å². The molecule has 1 aromatic heterocycles. The molecular weight excluding hydrogens is 424 g/mol. The first-order chi connectivity index (χ1) is 14.7. The lowest BCUT2D eigenvalue weighted by Crippen LogP contribution is -2.30. The second-order valence-corrected chi connectivity index (χ2v) is 8.32. The van der Waals surface area contributed by atoms with Crippen molar-refractivity contribution in [2.24, 2.45) is 0 Å². The third kappa shape index (κ3) is 5.53. The summed E-state index contributed by atoms with van der Waals surface area (Å²) in [6, 6.07) is 5.72. The van der Waals surface area contributed by atoms with Crippen LogP contribution in [0.5, 0.6) is 5.75 Å². The van der Waals surface area contributed by atoms with Crippen LogP contribution in [0.25, 0.3) is 6.08 Å². The summed E-state index contributed by atoms with van der Waals surface area (Å²) in [5.74, 6) is -0.117. The molecule has 0 bridgehead atoms. The molecule has 0 aliphatic carbocycles. The molecule has 2 rings (SSSR count). The Kier molecular flexibility index (Phi) is 8.01. The van der Waals surface area contributed by atoms with Crippen LogP contribution in [0.4, 0.5) is 5.69 Å². The zero-order chi connectivity index (χ0) is 23.2. The first-order valence-electron chi connectivity index (χ1n) is 9.53. The number of esters is 1. The lowest BCUT2D eigenvalue weighted by molar-refractivity contribution is -0.111. The van der Waals surface area contributed by atoms with Gasteiger partial charge in [0.1, 0.15) is 22.8 Å². The maximum Gasteiger partial charge on any atom is 0.341 e. The molecule has 0 spiro atoms. The summed E-state index contributed by atoms with van der Waals surface area (Å²) >= 11 is 0. The highest BCUT2D eigenvalue weighted by Crippen LogP contribution is 2.29. The van der Waals surface area contributed by atoms with Crippen LogP contribution in [-0.4, -0.2) is 51.9 Å². The van der Waals surface area contributed by atoms with E-state index in [2.05, 4.69) is 10.1 Å². The number of carbonyl (C=O) groups is 2. The predicted molar refractivity (Wildman–Crippen MR) is 116 cm³/mol. The third-order valence-corrected chi connectivity index (χ3v) is 6.56. The smallest absolute Gasteiger partial charge is 0.341 e. The molecule has 1 heterocycles. The van der Waals surface area contributed by atoms with Crippen LogP contribution in [0.15, 0.2) is 39.7 Å². The molecule has 168 valence electrons. The highest BCUT2D eigenvalue weighted by atomic mass is 32.2. The van der Waals surface area contributed by atoms with Crippen LogP contribution >= 0.6 is 0 Å². The van der Waals surface area contributed by atoms with E-state index in [0.29, 0.717) is 24.6 Å². The zero-order valence-electron chi connectivity index (χ0n) is 18.1. The van der Waals surface area contributed by atoms with Gasteiger partial charge < -0.3 is 19.2 Å². The van der Waals surface area contributed by atoms with Crippen LogP contribution in [0, 0.1) is 6.92 Å². The van der Waals surface area contributed by atoms with E-state index >= 15 is 0 Å². The Labute approximate surface area is 181 Å². The fourth-order valence-corrected chi connectivity index (χ4v) is 4.37. The van der Waals surface area contributed by atoms with Crippen molar-refractivity contribution in [2.75, 3.05) is 32.6 Å². The number of amides is 1. The molecule has 0 atom stereocenters. The molecule has 0 aliphatic heterocycles. The van der Waals surface area contributed by atoms with Gasteiger partial charge in [-0.05, 0) is 37.3 Å². The maximum absolute atomic E-state index is 12.8. The van der Waals surface area contributed by atoms with Crippen LogP contribution < -0.4 is 10.1 Å². The van der Waals surface area contributed by atoms with Gasteiger partial charge in [-0.25, -0.2) is 13.2 Å². The number of ether oxygens (including phenoxy) is 2. The number of nitrogens with one attached hydrogen (secondary N) is 1. The number of aryl methyl sites for hydroxylation is 1. The van der Waals surface area contributed by atoms with Crippen molar-refractivity contribution in [3.63, 3.8) is 0 Å². The van der Waals surface area contributed by atoms with E-state index in [1.165, 1.54) is 54.9 Å². The number of nitrogens with zero attached hydrogens (tertiary/aromatic N) is 1. The van der Waals surface area contributed by atoms with Crippen molar-refractivity contribution in [3.05, 3.63) is 47.4 Å². The average Bonchev–Trinajstić information content (AvgIpc) is 3.12. The molecule has 0 saturated heterocycles. The van der Waals surface area contributed by atoms with Gasteiger partial charge in [0, 0.05) is 19.2 Å². The SMILES string of the molecule is CCN(CC)S(=O)(=O)c1ccc(OC)c(NC(=O)/C=C/c2cc(C(=O)OC)c(C)o2)c1. The molecule has 2 aromatic rings. The van der Waals surface area contributed by atoms with Gasteiger partial charge in [0.25, 0.3) is 0 Å². The minimum absolute atomic E-state index is 0.0423. The topological polar surface area (TPSA) is 115 Å². The molecule has 9 nitrogen and oxygen atoms in total. The lowest BCUT2D eigenvalue weighted by atomic mass is 10.2.